The highest BCUT2D eigenvalue weighted by atomic mass is 79.9. The fourth-order valence-corrected chi connectivity index (χ4v) is 3.79. The number of benzene rings is 1. The number of nitrogens with one attached hydrogen (secondary N) is 1. The Morgan fingerprint density at radius 3 is 2.67 bits per heavy atom. The molecule has 1 aromatic carbocycles. The first kappa shape index (κ1) is 18.9. The van der Waals surface area contributed by atoms with Gasteiger partial charge in [-0.3, -0.25) is 4.79 Å². The van der Waals surface area contributed by atoms with E-state index in [1.807, 2.05) is 36.9 Å². The number of Topliss-reactive ketones (excluding diaryl/α,β-unsaturated/α-hetero) is 1. The van der Waals surface area contributed by atoms with Crippen LogP contribution in [-0.2, 0) is 4.79 Å². The van der Waals surface area contributed by atoms with Crippen LogP contribution in [-0.4, -0.2) is 28.9 Å². The molecule has 6 heteroatoms. The molecule has 0 saturated carbocycles. The number of hydrogen-bond acceptors (Lipinski definition) is 3. The van der Waals surface area contributed by atoms with Gasteiger partial charge < -0.3 is 15.0 Å². The Hall–Kier alpha value is -1.40. The molecule has 4 nitrogen and oxygen atoms in total. The van der Waals surface area contributed by atoms with Crippen LogP contribution in [0.5, 0.6) is 5.75 Å². The van der Waals surface area contributed by atoms with Crippen LogP contribution < -0.4 is 10.1 Å². The van der Waals surface area contributed by atoms with Crippen LogP contribution >= 0.6 is 28.1 Å². The molecule has 1 atom stereocenters. The Morgan fingerprint density at radius 2 is 2.12 bits per heavy atom. The van der Waals surface area contributed by atoms with Gasteiger partial charge in [-0.1, -0.05) is 13.0 Å². The summed E-state index contributed by atoms with van der Waals surface area (Å²) in [4.78, 5) is 14.2. The second-order valence-corrected chi connectivity index (χ2v) is 6.96. The predicted octanol–water partition coefficient (Wildman–Crippen LogP) is 4.35. The van der Waals surface area contributed by atoms with Crippen molar-refractivity contribution in [1.29, 1.82) is 0 Å². The lowest BCUT2D eigenvalue weighted by Crippen LogP contribution is -2.47. The van der Waals surface area contributed by atoms with Crippen molar-refractivity contribution >= 4 is 39.0 Å². The summed E-state index contributed by atoms with van der Waals surface area (Å²) in [6, 6.07) is 5.66. The van der Waals surface area contributed by atoms with E-state index >= 15 is 0 Å². The predicted molar refractivity (Wildman–Crippen MR) is 104 cm³/mol. The van der Waals surface area contributed by atoms with Crippen LogP contribution in [0, 0.1) is 0 Å². The number of allylic oxidation sites excluding steroid dienone is 1. The van der Waals surface area contributed by atoms with Gasteiger partial charge in [0, 0.05) is 17.8 Å². The van der Waals surface area contributed by atoms with E-state index in [1.165, 1.54) is 0 Å². The number of ketones is 1. The van der Waals surface area contributed by atoms with Crippen molar-refractivity contribution in [3.63, 3.8) is 0 Å². The normalized spacial score (nSPS) is 17.8. The number of carbonyl (C=O) groups is 1. The summed E-state index contributed by atoms with van der Waals surface area (Å²) in [7, 11) is 0. The minimum absolute atomic E-state index is 0.0494. The molecule has 0 aliphatic carbocycles. The number of carbonyl (C=O) groups excluding carboxylic acids is 1. The van der Waals surface area contributed by atoms with E-state index in [4.69, 9.17) is 17.0 Å². The van der Waals surface area contributed by atoms with Crippen molar-refractivity contribution < 1.29 is 9.53 Å². The molecule has 1 aromatic rings. The monoisotopic (exact) mass is 410 g/mol. The number of thiocarbonyl (C=S) groups is 1. The molecule has 0 bridgehead atoms. The van der Waals surface area contributed by atoms with Gasteiger partial charge in [-0.25, -0.2) is 0 Å². The average molecular weight is 411 g/mol. The van der Waals surface area contributed by atoms with Gasteiger partial charge in [-0.2, -0.15) is 0 Å². The first-order valence-electron chi connectivity index (χ1n) is 8.12. The van der Waals surface area contributed by atoms with Gasteiger partial charge in [-0.05, 0) is 73.0 Å². The fraction of sp³-hybridized carbons (Fsp3) is 0.444. The highest BCUT2D eigenvalue weighted by molar-refractivity contribution is 9.10. The molecule has 1 heterocycles. The zero-order valence-electron chi connectivity index (χ0n) is 14.5. The molecule has 0 saturated heterocycles. The second-order valence-electron chi connectivity index (χ2n) is 5.72. The Balaban J connectivity index is 2.43. The smallest absolute Gasteiger partial charge is 0.173 e. The van der Waals surface area contributed by atoms with Gasteiger partial charge in [0.25, 0.3) is 0 Å². The number of nitrogens with zero attached hydrogens (tertiary/aromatic N) is 1. The zero-order valence-corrected chi connectivity index (χ0v) is 16.9. The average Bonchev–Trinajstić information content (AvgIpc) is 2.53. The first-order chi connectivity index (χ1) is 11.4. The number of rotatable bonds is 6. The molecule has 2 rings (SSSR count). The Kier molecular flexibility index (Phi) is 6.40. The SMILES string of the molecule is CCCOc1ccc(C2NC(=S)N(CC)C(C)=C2C(C)=O)cc1Br. The summed E-state index contributed by atoms with van der Waals surface area (Å²) in [6.45, 7) is 9.05. The van der Waals surface area contributed by atoms with E-state index < -0.39 is 0 Å². The molecule has 0 amide bonds. The lowest BCUT2D eigenvalue weighted by atomic mass is 9.92. The largest absolute Gasteiger partial charge is 0.492 e. The molecule has 0 spiro atoms. The topological polar surface area (TPSA) is 41.6 Å². The molecule has 130 valence electrons. The van der Waals surface area contributed by atoms with Gasteiger partial charge in [0.15, 0.2) is 10.9 Å². The van der Waals surface area contributed by atoms with Crippen molar-refractivity contribution in [1.82, 2.24) is 10.2 Å². The maximum Gasteiger partial charge on any atom is 0.173 e. The number of halogens is 1. The molecular formula is C18H23BrN2O2S. The van der Waals surface area contributed by atoms with Crippen molar-refractivity contribution in [2.75, 3.05) is 13.2 Å². The lowest BCUT2D eigenvalue weighted by molar-refractivity contribution is -0.114. The molecule has 1 aliphatic rings. The molecule has 1 aliphatic heterocycles. The Labute approximate surface area is 157 Å². The summed E-state index contributed by atoms with van der Waals surface area (Å²) in [5.41, 5.74) is 2.65. The van der Waals surface area contributed by atoms with Gasteiger partial charge in [0.2, 0.25) is 0 Å². The minimum Gasteiger partial charge on any atom is -0.492 e. The third kappa shape index (κ3) is 3.81. The van der Waals surface area contributed by atoms with Crippen LogP contribution in [0.3, 0.4) is 0 Å². The molecule has 0 radical (unpaired) electrons. The number of hydrogen-bond donors (Lipinski definition) is 1. The highest BCUT2D eigenvalue weighted by Crippen LogP contribution is 2.35. The molecule has 1 unspecified atom stereocenters. The van der Waals surface area contributed by atoms with Gasteiger partial charge in [0.05, 0.1) is 17.1 Å². The van der Waals surface area contributed by atoms with Crippen LogP contribution in [0.25, 0.3) is 0 Å². The summed E-state index contributed by atoms with van der Waals surface area (Å²) < 4.78 is 6.57. The van der Waals surface area contributed by atoms with Gasteiger partial charge >= 0.3 is 0 Å². The summed E-state index contributed by atoms with van der Waals surface area (Å²) in [5.74, 6) is 0.854. The third-order valence-electron chi connectivity index (χ3n) is 4.04. The van der Waals surface area contributed by atoms with E-state index in [0.717, 1.165) is 40.0 Å². The summed E-state index contributed by atoms with van der Waals surface area (Å²) in [5, 5.41) is 3.95. The van der Waals surface area contributed by atoms with E-state index in [2.05, 4.69) is 28.2 Å². The first-order valence-corrected chi connectivity index (χ1v) is 9.32. The lowest BCUT2D eigenvalue weighted by Gasteiger charge is -2.37. The van der Waals surface area contributed by atoms with E-state index in [0.29, 0.717) is 11.7 Å². The molecule has 0 aromatic heterocycles. The highest BCUT2D eigenvalue weighted by Gasteiger charge is 2.31. The Bertz CT molecular complexity index is 688. The van der Waals surface area contributed by atoms with Crippen molar-refractivity contribution in [2.24, 2.45) is 0 Å². The van der Waals surface area contributed by atoms with Gasteiger partial charge in [0.1, 0.15) is 5.75 Å². The summed E-state index contributed by atoms with van der Waals surface area (Å²) >= 11 is 9.03. The van der Waals surface area contributed by atoms with Crippen molar-refractivity contribution in [3.8, 4) is 5.75 Å². The fourth-order valence-electron chi connectivity index (χ4n) is 2.89. The van der Waals surface area contributed by atoms with Crippen LogP contribution in [0.4, 0.5) is 0 Å². The van der Waals surface area contributed by atoms with Crippen molar-refractivity contribution in [3.05, 3.63) is 39.5 Å². The van der Waals surface area contributed by atoms with Gasteiger partial charge in [-0.15, -0.1) is 0 Å². The zero-order chi connectivity index (χ0) is 17.9. The maximum absolute atomic E-state index is 12.3. The molecule has 24 heavy (non-hydrogen) atoms. The maximum atomic E-state index is 12.3. The molecule has 1 N–H and O–H groups in total. The van der Waals surface area contributed by atoms with Crippen molar-refractivity contribution in [2.45, 2.75) is 40.2 Å². The Morgan fingerprint density at radius 1 is 1.42 bits per heavy atom. The van der Waals surface area contributed by atoms with E-state index in [1.54, 1.807) is 6.92 Å². The number of ether oxygens (including phenoxy) is 1. The molecule has 0 fully saturated rings. The second kappa shape index (κ2) is 8.12. The minimum atomic E-state index is -0.241. The standard InChI is InChI=1S/C18H23BrN2O2S/c1-5-9-23-15-8-7-13(10-14(15)19)17-16(12(4)22)11(3)21(6-2)18(24)20-17/h7-8,10,17H,5-6,9H2,1-4H3,(H,20,24). The van der Waals surface area contributed by atoms with Crippen LogP contribution in [0.1, 0.15) is 45.7 Å². The quantitative estimate of drug-likeness (QED) is 0.705. The third-order valence-corrected chi connectivity index (χ3v) is 5.00. The van der Waals surface area contributed by atoms with E-state index in [9.17, 15) is 4.79 Å². The summed E-state index contributed by atoms with van der Waals surface area (Å²) in [6.07, 6.45) is 0.954. The van der Waals surface area contributed by atoms with Crippen LogP contribution in [0.15, 0.2) is 33.9 Å². The van der Waals surface area contributed by atoms with Crippen LogP contribution in [0.2, 0.25) is 0 Å². The molecular weight excluding hydrogens is 388 g/mol. The van der Waals surface area contributed by atoms with E-state index in [-0.39, 0.29) is 11.8 Å².